The van der Waals surface area contributed by atoms with Crippen LogP contribution in [0.1, 0.15) is 17.5 Å². The van der Waals surface area contributed by atoms with E-state index in [1.54, 1.807) is 12.4 Å². The van der Waals surface area contributed by atoms with Gasteiger partial charge < -0.3 is 4.90 Å². The largest absolute Gasteiger partial charge is 0.354 e. The molecule has 0 amide bonds. The molecule has 0 bridgehead atoms. The Morgan fingerprint density at radius 1 is 0.862 bits per heavy atom. The number of anilines is 1. The van der Waals surface area contributed by atoms with Gasteiger partial charge in [0.2, 0.25) is 0 Å². The van der Waals surface area contributed by atoms with E-state index in [4.69, 9.17) is 0 Å². The van der Waals surface area contributed by atoms with Gasteiger partial charge in [-0.2, -0.15) is 0 Å². The van der Waals surface area contributed by atoms with Crippen LogP contribution in [-0.4, -0.2) is 46.0 Å². The summed E-state index contributed by atoms with van der Waals surface area (Å²) in [7, 11) is 0. The van der Waals surface area contributed by atoms with Crippen molar-refractivity contribution >= 4 is 5.82 Å². The zero-order valence-electron chi connectivity index (χ0n) is 16.7. The summed E-state index contributed by atoms with van der Waals surface area (Å²) in [6.45, 7) is 5.44. The maximum Gasteiger partial charge on any atom is 0.147 e. The van der Waals surface area contributed by atoms with Gasteiger partial charge in [0.05, 0.1) is 6.20 Å². The first-order chi connectivity index (χ1) is 14.3. The summed E-state index contributed by atoms with van der Waals surface area (Å²) in [6, 6.07) is 15.2. The Balaban J connectivity index is 1.35. The summed E-state index contributed by atoms with van der Waals surface area (Å²) in [5, 5.41) is 0. The van der Waals surface area contributed by atoms with E-state index in [1.807, 2.05) is 18.6 Å². The number of benzene rings is 1. The second kappa shape index (κ2) is 7.91. The molecule has 3 aromatic rings. The molecule has 2 aliphatic heterocycles. The molecule has 148 valence electrons. The molecule has 0 N–H and O–H groups in total. The van der Waals surface area contributed by atoms with Crippen LogP contribution < -0.4 is 4.90 Å². The highest BCUT2D eigenvalue weighted by molar-refractivity contribution is 5.39. The van der Waals surface area contributed by atoms with Crippen molar-refractivity contribution < 1.29 is 0 Å². The third-order valence-corrected chi connectivity index (χ3v) is 6.61. The highest BCUT2D eigenvalue weighted by Crippen LogP contribution is 2.47. The lowest BCUT2D eigenvalue weighted by Crippen LogP contribution is -2.35. The second-order valence-electron chi connectivity index (χ2n) is 8.51. The summed E-state index contributed by atoms with van der Waals surface area (Å²) in [5.41, 5.74) is 3.09. The molecule has 5 nitrogen and oxygen atoms in total. The molecule has 2 atom stereocenters. The Labute approximate surface area is 172 Å². The van der Waals surface area contributed by atoms with Crippen LogP contribution >= 0.6 is 0 Å². The normalized spacial score (nSPS) is 24.0. The predicted octanol–water partition coefficient (Wildman–Crippen LogP) is 3.44. The number of fused-ring (bicyclic) bond motifs is 1. The van der Waals surface area contributed by atoms with Gasteiger partial charge in [-0.3, -0.25) is 14.9 Å². The molecule has 5 heteroatoms. The monoisotopic (exact) mass is 385 g/mol. The predicted molar refractivity (Wildman–Crippen MR) is 114 cm³/mol. The molecule has 2 fully saturated rings. The molecule has 2 saturated heterocycles. The second-order valence-corrected chi connectivity index (χ2v) is 8.51. The van der Waals surface area contributed by atoms with Crippen LogP contribution in [0, 0.1) is 11.3 Å². The van der Waals surface area contributed by atoms with Gasteiger partial charge in [0.1, 0.15) is 5.82 Å². The fourth-order valence-corrected chi connectivity index (χ4v) is 5.18. The Hall–Kier alpha value is -2.79. The van der Waals surface area contributed by atoms with E-state index in [1.165, 1.54) is 17.5 Å². The van der Waals surface area contributed by atoms with Crippen molar-refractivity contribution in [3.8, 4) is 0 Å². The minimum absolute atomic E-state index is 0.306. The summed E-state index contributed by atoms with van der Waals surface area (Å²) >= 11 is 0. The molecule has 0 radical (unpaired) electrons. The zero-order valence-corrected chi connectivity index (χ0v) is 16.7. The summed E-state index contributed by atoms with van der Waals surface area (Å²) in [4.78, 5) is 18.1. The lowest BCUT2D eigenvalue weighted by Gasteiger charge is -2.30. The standard InChI is InChI=1S/C24H27N5/c1-2-4-20(5-3-1)6-9-24-18-28(15-21-7-10-25-11-8-21)16-22(24)17-29(19-24)23-14-26-12-13-27-23/h1-5,7-8,10-14,22H,6,9,15-19H2. The van der Waals surface area contributed by atoms with E-state index < -0.39 is 0 Å². The lowest BCUT2D eigenvalue weighted by molar-refractivity contribution is 0.240. The molecule has 0 saturated carbocycles. The minimum Gasteiger partial charge on any atom is -0.354 e. The van der Waals surface area contributed by atoms with Gasteiger partial charge >= 0.3 is 0 Å². The summed E-state index contributed by atoms with van der Waals surface area (Å²) < 4.78 is 0. The van der Waals surface area contributed by atoms with E-state index in [9.17, 15) is 0 Å². The number of aryl methyl sites for hydroxylation is 1. The van der Waals surface area contributed by atoms with E-state index >= 15 is 0 Å². The van der Waals surface area contributed by atoms with Gasteiger partial charge in [-0.1, -0.05) is 30.3 Å². The molecule has 2 aliphatic rings. The maximum absolute atomic E-state index is 4.57. The minimum atomic E-state index is 0.306. The Bertz CT molecular complexity index is 918. The third-order valence-electron chi connectivity index (χ3n) is 6.61. The first kappa shape index (κ1) is 18.3. The molecule has 0 aliphatic carbocycles. The van der Waals surface area contributed by atoms with Crippen molar-refractivity contribution in [3.05, 3.63) is 84.6 Å². The average Bonchev–Trinajstić information content (AvgIpc) is 3.28. The SMILES string of the molecule is c1ccc(CCC23CN(Cc4ccncc4)CC2CN(c2cnccn2)C3)cc1. The fraction of sp³-hybridized carbons (Fsp3) is 0.375. The topological polar surface area (TPSA) is 45.2 Å². The molecular formula is C24H27N5. The fourth-order valence-electron chi connectivity index (χ4n) is 5.18. The van der Waals surface area contributed by atoms with E-state index in [-0.39, 0.29) is 0 Å². The van der Waals surface area contributed by atoms with Crippen LogP contribution in [0.15, 0.2) is 73.4 Å². The van der Waals surface area contributed by atoms with Gasteiger partial charge in [-0.05, 0) is 42.0 Å². The molecule has 4 heterocycles. The Morgan fingerprint density at radius 3 is 2.52 bits per heavy atom. The molecule has 29 heavy (non-hydrogen) atoms. The van der Waals surface area contributed by atoms with Crippen LogP contribution in [0.3, 0.4) is 0 Å². The van der Waals surface area contributed by atoms with Gasteiger partial charge in [-0.15, -0.1) is 0 Å². The number of rotatable bonds is 6. The van der Waals surface area contributed by atoms with Gasteiger partial charge in [0.25, 0.3) is 0 Å². The van der Waals surface area contributed by atoms with Crippen molar-refractivity contribution in [1.29, 1.82) is 0 Å². The smallest absolute Gasteiger partial charge is 0.147 e. The molecule has 2 aromatic heterocycles. The molecule has 5 rings (SSSR count). The first-order valence-corrected chi connectivity index (χ1v) is 10.5. The van der Waals surface area contributed by atoms with Gasteiger partial charge in [0, 0.05) is 62.9 Å². The van der Waals surface area contributed by atoms with Crippen molar-refractivity contribution in [2.45, 2.75) is 19.4 Å². The van der Waals surface area contributed by atoms with Crippen LogP contribution in [-0.2, 0) is 13.0 Å². The quantitative estimate of drug-likeness (QED) is 0.650. The average molecular weight is 386 g/mol. The highest BCUT2D eigenvalue weighted by atomic mass is 15.3. The van der Waals surface area contributed by atoms with E-state index in [0.717, 1.165) is 45.0 Å². The Kier molecular flexibility index (Phi) is 4.98. The third kappa shape index (κ3) is 3.87. The van der Waals surface area contributed by atoms with Gasteiger partial charge in [0.15, 0.2) is 0 Å². The van der Waals surface area contributed by atoms with Crippen LogP contribution in [0.25, 0.3) is 0 Å². The van der Waals surface area contributed by atoms with E-state index in [0.29, 0.717) is 11.3 Å². The zero-order chi connectivity index (χ0) is 19.5. The van der Waals surface area contributed by atoms with Crippen molar-refractivity contribution in [3.63, 3.8) is 0 Å². The van der Waals surface area contributed by atoms with Crippen molar-refractivity contribution in [1.82, 2.24) is 19.9 Å². The molecule has 0 spiro atoms. The number of pyridine rings is 1. The number of likely N-dealkylation sites (tertiary alicyclic amines) is 1. The van der Waals surface area contributed by atoms with E-state index in [2.05, 4.69) is 67.2 Å². The first-order valence-electron chi connectivity index (χ1n) is 10.5. The van der Waals surface area contributed by atoms with Crippen molar-refractivity contribution in [2.75, 3.05) is 31.1 Å². The maximum atomic E-state index is 4.57. The lowest BCUT2D eigenvalue weighted by atomic mass is 9.76. The molecule has 1 aromatic carbocycles. The number of aromatic nitrogens is 3. The number of hydrogen-bond acceptors (Lipinski definition) is 5. The summed E-state index contributed by atoms with van der Waals surface area (Å²) in [5.74, 6) is 1.68. The van der Waals surface area contributed by atoms with Crippen LogP contribution in [0.5, 0.6) is 0 Å². The number of nitrogens with zero attached hydrogens (tertiary/aromatic N) is 5. The van der Waals surface area contributed by atoms with Crippen LogP contribution in [0.2, 0.25) is 0 Å². The van der Waals surface area contributed by atoms with Crippen molar-refractivity contribution in [2.24, 2.45) is 11.3 Å². The molecule has 2 unspecified atom stereocenters. The van der Waals surface area contributed by atoms with Crippen LogP contribution in [0.4, 0.5) is 5.82 Å². The molecular weight excluding hydrogens is 358 g/mol. The highest BCUT2D eigenvalue weighted by Gasteiger charge is 2.52. The summed E-state index contributed by atoms with van der Waals surface area (Å²) in [6.07, 6.45) is 11.6. The Morgan fingerprint density at radius 2 is 1.72 bits per heavy atom. The number of hydrogen-bond donors (Lipinski definition) is 0. The van der Waals surface area contributed by atoms with Gasteiger partial charge in [-0.25, -0.2) is 4.98 Å².